The van der Waals surface area contributed by atoms with Gasteiger partial charge < -0.3 is 10.3 Å². The number of nitrogens with one attached hydrogen (secondary N) is 2. The molecule has 0 spiro atoms. The summed E-state index contributed by atoms with van der Waals surface area (Å²) in [5.41, 5.74) is 1.72. The monoisotopic (exact) mass is 332 g/mol. The maximum atomic E-state index is 13.1. The van der Waals surface area contributed by atoms with Gasteiger partial charge in [-0.2, -0.15) is 0 Å². The van der Waals surface area contributed by atoms with Crippen molar-refractivity contribution >= 4 is 38.4 Å². The molecule has 0 atom stereocenters. The third kappa shape index (κ3) is 2.58. The van der Waals surface area contributed by atoms with Crippen LogP contribution in [0.1, 0.15) is 10.5 Å². The molecule has 1 heterocycles. The zero-order valence-corrected chi connectivity index (χ0v) is 11.9. The van der Waals surface area contributed by atoms with Crippen LogP contribution in [0.15, 0.2) is 53.0 Å². The van der Waals surface area contributed by atoms with Gasteiger partial charge >= 0.3 is 0 Å². The van der Waals surface area contributed by atoms with E-state index in [4.69, 9.17) is 0 Å². The van der Waals surface area contributed by atoms with E-state index in [1.807, 2.05) is 18.2 Å². The number of anilines is 1. The molecule has 0 aliphatic rings. The number of carbonyl (C=O) groups is 1. The molecule has 0 bridgehead atoms. The summed E-state index contributed by atoms with van der Waals surface area (Å²) in [6.45, 7) is 0. The molecule has 0 aliphatic heterocycles. The van der Waals surface area contributed by atoms with Gasteiger partial charge in [-0.15, -0.1) is 0 Å². The van der Waals surface area contributed by atoms with Gasteiger partial charge in [-0.25, -0.2) is 4.39 Å². The second kappa shape index (κ2) is 5.09. The topological polar surface area (TPSA) is 44.9 Å². The molecule has 2 aromatic carbocycles. The Balaban J connectivity index is 1.88. The highest BCUT2D eigenvalue weighted by Gasteiger charge is 2.10. The molecule has 3 rings (SSSR count). The Morgan fingerprint density at radius 3 is 2.80 bits per heavy atom. The Bertz CT molecular complexity index is 797. The van der Waals surface area contributed by atoms with Crippen molar-refractivity contribution in [2.75, 3.05) is 5.32 Å². The Kier molecular flexibility index (Phi) is 3.28. The van der Waals surface area contributed by atoms with Crippen LogP contribution in [-0.4, -0.2) is 10.9 Å². The van der Waals surface area contributed by atoms with Gasteiger partial charge in [-0.1, -0.05) is 28.1 Å². The standard InChI is InChI=1S/C15H10BrFN2O/c16-10-5-4-9-6-14(19-13(9)7-10)15(20)18-12-3-1-2-11(17)8-12/h1-8,19H,(H,18,20). The van der Waals surface area contributed by atoms with Gasteiger partial charge in [0.25, 0.3) is 5.91 Å². The van der Waals surface area contributed by atoms with Crippen LogP contribution in [0.5, 0.6) is 0 Å². The highest BCUT2D eigenvalue weighted by molar-refractivity contribution is 9.10. The summed E-state index contributed by atoms with van der Waals surface area (Å²) in [7, 11) is 0. The van der Waals surface area contributed by atoms with Gasteiger partial charge in [-0.05, 0) is 36.4 Å². The van der Waals surface area contributed by atoms with Gasteiger partial charge in [0.2, 0.25) is 0 Å². The lowest BCUT2D eigenvalue weighted by molar-refractivity contribution is 0.102. The molecule has 2 N–H and O–H groups in total. The van der Waals surface area contributed by atoms with Crippen LogP contribution in [0, 0.1) is 5.82 Å². The van der Waals surface area contributed by atoms with Crippen molar-refractivity contribution in [3.05, 3.63) is 64.5 Å². The van der Waals surface area contributed by atoms with Crippen molar-refractivity contribution in [2.45, 2.75) is 0 Å². The highest BCUT2D eigenvalue weighted by atomic mass is 79.9. The average Bonchev–Trinajstić information content (AvgIpc) is 2.81. The van der Waals surface area contributed by atoms with Crippen molar-refractivity contribution in [3.8, 4) is 0 Å². The summed E-state index contributed by atoms with van der Waals surface area (Å²) in [6.07, 6.45) is 0. The number of hydrogen-bond donors (Lipinski definition) is 2. The van der Waals surface area contributed by atoms with E-state index in [0.717, 1.165) is 15.4 Å². The number of rotatable bonds is 2. The number of benzene rings is 2. The van der Waals surface area contributed by atoms with Crippen molar-refractivity contribution in [1.82, 2.24) is 4.98 Å². The van der Waals surface area contributed by atoms with E-state index in [2.05, 4.69) is 26.2 Å². The molecular weight excluding hydrogens is 323 g/mol. The quantitative estimate of drug-likeness (QED) is 0.721. The predicted molar refractivity (Wildman–Crippen MR) is 80.4 cm³/mol. The Morgan fingerprint density at radius 2 is 2.00 bits per heavy atom. The van der Waals surface area contributed by atoms with Crippen LogP contribution in [0.2, 0.25) is 0 Å². The summed E-state index contributed by atoms with van der Waals surface area (Å²) in [6, 6.07) is 13.3. The molecule has 1 amide bonds. The van der Waals surface area contributed by atoms with Gasteiger partial charge in [0.15, 0.2) is 0 Å². The summed E-state index contributed by atoms with van der Waals surface area (Å²) >= 11 is 3.38. The fraction of sp³-hybridized carbons (Fsp3) is 0. The Labute approximate surface area is 122 Å². The number of halogens is 2. The number of carbonyl (C=O) groups excluding carboxylic acids is 1. The number of hydrogen-bond acceptors (Lipinski definition) is 1. The summed E-state index contributed by atoms with van der Waals surface area (Å²) in [5.74, 6) is -0.689. The first-order chi connectivity index (χ1) is 9.61. The molecule has 3 nitrogen and oxygen atoms in total. The first-order valence-electron chi connectivity index (χ1n) is 5.97. The number of aromatic amines is 1. The molecule has 0 saturated carbocycles. The molecule has 0 unspecified atom stereocenters. The van der Waals surface area contributed by atoms with E-state index < -0.39 is 0 Å². The number of H-pyrrole nitrogens is 1. The predicted octanol–water partition coefficient (Wildman–Crippen LogP) is 4.32. The molecule has 20 heavy (non-hydrogen) atoms. The lowest BCUT2D eigenvalue weighted by Crippen LogP contribution is -2.12. The largest absolute Gasteiger partial charge is 0.350 e. The molecule has 3 aromatic rings. The third-order valence-electron chi connectivity index (χ3n) is 2.91. The van der Waals surface area contributed by atoms with E-state index in [9.17, 15) is 9.18 Å². The Hall–Kier alpha value is -2.14. The van der Waals surface area contributed by atoms with Crippen LogP contribution < -0.4 is 5.32 Å². The second-order valence-corrected chi connectivity index (χ2v) is 5.29. The third-order valence-corrected chi connectivity index (χ3v) is 3.40. The van der Waals surface area contributed by atoms with Gasteiger partial charge in [0.05, 0.1) is 0 Å². The first-order valence-corrected chi connectivity index (χ1v) is 6.76. The molecule has 0 fully saturated rings. The lowest BCUT2D eigenvalue weighted by Gasteiger charge is -2.03. The van der Waals surface area contributed by atoms with E-state index in [0.29, 0.717) is 11.4 Å². The maximum Gasteiger partial charge on any atom is 0.272 e. The minimum atomic E-state index is -0.386. The molecule has 5 heteroatoms. The van der Waals surface area contributed by atoms with E-state index in [1.54, 1.807) is 18.2 Å². The number of fused-ring (bicyclic) bond motifs is 1. The zero-order chi connectivity index (χ0) is 14.1. The van der Waals surface area contributed by atoms with Gasteiger partial charge in [0.1, 0.15) is 11.5 Å². The summed E-state index contributed by atoms with van der Waals surface area (Å²) < 4.78 is 14.0. The molecule has 1 aromatic heterocycles. The molecule has 0 aliphatic carbocycles. The average molecular weight is 333 g/mol. The van der Waals surface area contributed by atoms with E-state index >= 15 is 0 Å². The Morgan fingerprint density at radius 1 is 1.15 bits per heavy atom. The minimum Gasteiger partial charge on any atom is -0.350 e. The SMILES string of the molecule is O=C(Nc1cccc(F)c1)c1cc2ccc(Br)cc2[nH]1. The maximum absolute atomic E-state index is 13.1. The fourth-order valence-corrected chi connectivity index (χ4v) is 2.35. The molecule has 0 radical (unpaired) electrons. The van der Waals surface area contributed by atoms with Crippen LogP contribution in [0.25, 0.3) is 10.9 Å². The van der Waals surface area contributed by atoms with Crippen molar-refractivity contribution < 1.29 is 9.18 Å². The van der Waals surface area contributed by atoms with Gasteiger partial charge in [0, 0.05) is 21.1 Å². The van der Waals surface area contributed by atoms with Crippen LogP contribution >= 0.6 is 15.9 Å². The fourth-order valence-electron chi connectivity index (χ4n) is 1.99. The van der Waals surface area contributed by atoms with E-state index in [1.165, 1.54) is 12.1 Å². The van der Waals surface area contributed by atoms with Gasteiger partial charge in [-0.3, -0.25) is 4.79 Å². The molecular formula is C15H10BrFN2O. The lowest BCUT2D eigenvalue weighted by atomic mass is 10.2. The second-order valence-electron chi connectivity index (χ2n) is 4.38. The van der Waals surface area contributed by atoms with Crippen LogP contribution in [-0.2, 0) is 0 Å². The normalized spacial score (nSPS) is 10.7. The smallest absolute Gasteiger partial charge is 0.272 e. The van der Waals surface area contributed by atoms with Crippen molar-refractivity contribution in [3.63, 3.8) is 0 Å². The number of aromatic nitrogens is 1. The highest BCUT2D eigenvalue weighted by Crippen LogP contribution is 2.21. The van der Waals surface area contributed by atoms with Crippen LogP contribution in [0.3, 0.4) is 0 Å². The summed E-state index contributed by atoms with van der Waals surface area (Å²) in [4.78, 5) is 15.1. The van der Waals surface area contributed by atoms with E-state index in [-0.39, 0.29) is 11.7 Å². The molecule has 100 valence electrons. The summed E-state index contributed by atoms with van der Waals surface area (Å²) in [5, 5.41) is 3.59. The molecule has 0 saturated heterocycles. The van der Waals surface area contributed by atoms with Crippen LogP contribution in [0.4, 0.5) is 10.1 Å². The van der Waals surface area contributed by atoms with Crippen molar-refractivity contribution in [1.29, 1.82) is 0 Å². The first kappa shape index (κ1) is 12.9. The van der Waals surface area contributed by atoms with Crippen molar-refractivity contribution in [2.24, 2.45) is 0 Å². The number of amides is 1. The zero-order valence-electron chi connectivity index (χ0n) is 10.3. The minimum absolute atomic E-state index is 0.303.